The minimum Gasteiger partial charge on any atom is -0.478 e. The molecule has 0 bridgehead atoms. The average Bonchev–Trinajstić information content (AvgIpc) is 3.03. The molecule has 9 heteroatoms. The largest absolute Gasteiger partial charge is 0.478 e. The van der Waals surface area contributed by atoms with Crippen molar-refractivity contribution in [2.24, 2.45) is 0 Å². The summed E-state index contributed by atoms with van der Waals surface area (Å²) in [5.41, 5.74) is 0.0551. The summed E-state index contributed by atoms with van der Waals surface area (Å²) in [6.45, 7) is 1.96. The molecule has 128 valence electrons. The van der Waals surface area contributed by atoms with Crippen molar-refractivity contribution >= 4 is 21.9 Å². The van der Waals surface area contributed by atoms with Gasteiger partial charge in [-0.05, 0) is 25.8 Å². The van der Waals surface area contributed by atoms with Gasteiger partial charge in [0.2, 0.25) is 15.9 Å². The molecule has 23 heavy (non-hydrogen) atoms. The highest BCUT2D eigenvalue weighted by atomic mass is 32.2. The van der Waals surface area contributed by atoms with Crippen LogP contribution in [0.2, 0.25) is 0 Å². The Morgan fingerprint density at radius 3 is 2.65 bits per heavy atom. The molecular formula is C14H20N2O6S. The van der Waals surface area contributed by atoms with Crippen LogP contribution >= 0.6 is 0 Å². The van der Waals surface area contributed by atoms with Gasteiger partial charge in [-0.1, -0.05) is 0 Å². The van der Waals surface area contributed by atoms with Crippen molar-refractivity contribution in [3.63, 3.8) is 0 Å². The number of hydrogen-bond donors (Lipinski definition) is 1. The molecule has 0 unspecified atom stereocenters. The Morgan fingerprint density at radius 2 is 2.13 bits per heavy atom. The quantitative estimate of drug-likeness (QED) is 0.841. The number of rotatable bonds is 5. The number of likely N-dealkylation sites (N-methyl/N-ethyl adjacent to an activating group) is 1. The molecule has 0 aromatic carbocycles. The molecule has 8 nitrogen and oxygen atoms in total. The number of nitrogens with zero attached hydrogens (tertiary/aromatic N) is 2. The Labute approximate surface area is 134 Å². The summed E-state index contributed by atoms with van der Waals surface area (Å²) in [6.07, 6.45) is 2.21. The molecule has 2 rings (SSSR count). The van der Waals surface area contributed by atoms with Crippen molar-refractivity contribution in [3.05, 3.63) is 23.2 Å². The van der Waals surface area contributed by atoms with Crippen molar-refractivity contribution in [1.82, 2.24) is 9.21 Å². The molecule has 2 heterocycles. The molecule has 0 saturated carbocycles. The van der Waals surface area contributed by atoms with Crippen LogP contribution in [0, 0.1) is 6.92 Å². The van der Waals surface area contributed by atoms with E-state index in [1.165, 1.54) is 22.2 Å². The standard InChI is InChI=1S/C14H20N2O6S/c1-9-11(14(18)19)7-10(22-9)8-15(2)13(17)12-5-4-6-16(12)23(3,20)21/h7,12H,4-6,8H2,1-3H3,(H,18,19)/t12-/m1/s1. The van der Waals surface area contributed by atoms with Crippen LogP contribution in [0.4, 0.5) is 0 Å². The summed E-state index contributed by atoms with van der Waals surface area (Å²) < 4.78 is 30.0. The van der Waals surface area contributed by atoms with Crippen LogP contribution in [0.3, 0.4) is 0 Å². The first-order valence-corrected chi connectivity index (χ1v) is 9.00. The zero-order valence-electron chi connectivity index (χ0n) is 13.3. The van der Waals surface area contributed by atoms with Gasteiger partial charge in [-0.3, -0.25) is 4.79 Å². The SMILES string of the molecule is Cc1oc(CN(C)C(=O)[C@H]2CCCN2S(C)(=O)=O)cc1C(=O)O. The Balaban J connectivity index is 2.11. The van der Waals surface area contributed by atoms with Gasteiger partial charge < -0.3 is 14.4 Å². The van der Waals surface area contributed by atoms with Gasteiger partial charge in [0, 0.05) is 13.6 Å². The van der Waals surface area contributed by atoms with E-state index >= 15 is 0 Å². The lowest BCUT2D eigenvalue weighted by Gasteiger charge is -2.25. The molecule has 0 aliphatic carbocycles. The highest BCUT2D eigenvalue weighted by Crippen LogP contribution is 2.23. The van der Waals surface area contributed by atoms with Crippen molar-refractivity contribution in [2.45, 2.75) is 32.4 Å². The fraction of sp³-hybridized carbons (Fsp3) is 0.571. The Morgan fingerprint density at radius 1 is 1.48 bits per heavy atom. The maximum atomic E-state index is 12.5. The average molecular weight is 344 g/mol. The summed E-state index contributed by atoms with van der Waals surface area (Å²) >= 11 is 0. The van der Waals surface area contributed by atoms with Gasteiger partial charge in [-0.25, -0.2) is 13.2 Å². The smallest absolute Gasteiger partial charge is 0.339 e. The second-order valence-corrected chi connectivity index (χ2v) is 7.65. The van der Waals surface area contributed by atoms with Crippen molar-refractivity contribution < 1.29 is 27.5 Å². The van der Waals surface area contributed by atoms with E-state index in [2.05, 4.69) is 0 Å². The van der Waals surface area contributed by atoms with Gasteiger partial charge in [-0.15, -0.1) is 0 Å². The van der Waals surface area contributed by atoms with Crippen LogP contribution in [0.15, 0.2) is 10.5 Å². The lowest BCUT2D eigenvalue weighted by Crippen LogP contribution is -2.45. The monoisotopic (exact) mass is 344 g/mol. The molecule has 1 aliphatic heterocycles. The summed E-state index contributed by atoms with van der Waals surface area (Å²) in [4.78, 5) is 24.9. The molecule has 0 spiro atoms. The highest BCUT2D eigenvalue weighted by Gasteiger charge is 2.38. The number of aromatic carboxylic acids is 1. The first-order valence-electron chi connectivity index (χ1n) is 7.15. The first-order chi connectivity index (χ1) is 10.6. The van der Waals surface area contributed by atoms with Crippen LogP contribution < -0.4 is 0 Å². The second-order valence-electron chi connectivity index (χ2n) is 5.71. The molecule has 1 saturated heterocycles. The predicted molar refractivity (Wildman–Crippen MR) is 81.5 cm³/mol. The molecule has 1 aliphatic rings. The van der Waals surface area contributed by atoms with Crippen LogP contribution in [-0.2, 0) is 21.4 Å². The number of aryl methyl sites for hydroxylation is 1. The zero-order chi connectivity index (χ0) is 17.4. The zero-order valence-corrected chi connectivity index (χ0v) is 14.1. The number of sulfonamides is 1. The van der Waals surface area contributed by atoms with Crippen LogP contribution in [0.5, 0.6) is 0 Å². The minimum atomic E-state index is -3.43. The summed E-state index contributed by atoms with van der Waals surface area (Å²) in [5, 5.41) is 9.01. The molecule has 1 atom stereocenters. The van der Waals surface area contributed by atoms with Gasteiger partial charge in [0.25, 0.3) is 0 Å². The number of carbonyl (C=O) groups is 2. The number of furan rings is 1. The maximum Gasteiger partial charge on any atom is 0.339 e. The van der Waals surface area contributed by atoms with Crippen molar-refractivity contribution in [3.8, 4) is 0 Å². The van der Waals surface area contributed by atoms with E-state index in [9.17, 15) is 18.0 Å². The fourth-order valence-electron chi connectivity index (χ4n) is 2.78. The second kappa shape index (κ2) is 6.32. The Hall–Kier alpha value is -1.87. The number of carboxylic acid groups (broad SMARTS) is 1. The lowest BCUT2D eigenvalue weighted by atomic mass is 10.2. The van der Waals surface area contributed by atoms with E-state index in [-0.39, 0.29) is 23.8 Å². The number of carbonyl (C=O) groups excluding carboxylic acids is 1. The highest BCUT2D eigenvalue weighted by molar-refractivity contribution is 7.88. The molecular weight excluding hydrogens is 324 g/mol. The molecule has 0 radical (unpaired) electrons. The third kappa shape index (κ3) is 3.73. The third-order valence-electron chi connectivity index (χ3n) is 3.88. The van der Waals surface area contributed by atoms with Gasteiger partial charge in [0.05, 0.1) is 12.8 Å². The molecule has 1 aromatic rings. The topological polar surface area (TPSA) is 108 Å². The minimum absolute atomic E-state index is 0.0551. The third-order valence-corrected chi connectivity index (χ3v) is 5.17. The fourth-order valence-corrected chi connectivity index (χ4v) is 3.90. The van der Waals surface area contributed by atoms with E-state index in [0.29, 0.717) is 25.1 Å². The summed E-state index contributed by atoms with van der Waals surface area (Å²) in [6, 6.07) is 0.676. The number of hydrogen-bond acceptors (Lipinski definition) is 5. The molecule has 1 aromatic heterocycles. The summed E-state index contributed by atoms with van der Waals surface area (Å²) in [7, 11) is -1.89. The maximum absolute atomic E-state index is 12.5. The van der Waals surface area contributed by atoms with E-state index < -0.39 is 22.0 Å². The van der Waals surface area contributed by atoms with E-state index in [0.717, 1.165) is 6.26 Å². The van der Waals surface area contributed by atoms with Crippen LogP contribution in [-0.4, -0.2) is 60.5 Å². The van der Waals surface area contributed by atoms with Gasteiger partial charge in [0.1, 0.15) is 23.1 Å². The van der Waals surface area contributed by atoms with Gasteiger partial charge >= 0.3 is 5.97 Å². The van der Waals surface area contributed by atoms with Gasteiger partial charge in [0.15, 0.2) is 0 Å². The van der Waals surface area contributed by atoms with Gasteiger partial charge in [-0.2, -0.15) is 4.31 Å². The molecule has 1 fully saturated rings. The summed E-state index contributed by atoms with van der Waals surface area (Å²) in [5.74, 6) is -0.795. The normalized spacial score (nSPS) is 19.0. The Bertz CT molecular complexity index is 724. The lowest BCUT2D eigenvalue weighted by molar-refractivity contribution is -0.134. The van der Waals surface area contributed by atoms with Crippen LogP contribution in [0.1, 0.15) is 34.7 Å². The first kappa shape index (κ1) is 17.5. The van der Waals surface area contributed by atoms with E-state index in [1.54, 1.807) is 7.05 Å². The molecule has 1 N–H and O–H groups in total. The van der Waals surface area contributed by atoms with E-state index in [1.807, 2.05) is 0 Å². The van der Waals surface area contributed by atoms with E-state index in [4.69, 9.17) is 9.52 Å². The number of carboxylic acids is 1. The van der Waals surface area contributed by atoms with Crippen LogP contribution in [0.25, 0.3) is 0 Å². The number of amides is 1. The molecule has 1 amide bonds. The van der Waals surface area contributed by atoms with Crippen molar-refractivity contribution in [2.75, 3.05) is 19.8 Å². The Kier molecular flexibility index (Phi) is 4.81. The van der Waals surface area contributed by atoms with Crippen molar-refractivity contribution in [1.29, 1.82) is 0 Å². The predicted octanol–water partition coefficient (Wildman–Crippen LogP) is 0.669.